The first-order chi connectivity index (χ1) is 8.81. The summed E-state index contributed by atoms with van der Waals surface area (Å²) in [5.41, 5.74) is 0.708. The molecule has 2 N–H and O–H groups in total. The van der Waals surface area contributed by atoms with Crippen LogP contribution in [-0.4, -0.2) is 47.8 Å². The molecular formula is C14H20ClNO3. The third kappa shape index (κ3) is 4.20. The Labute approximate surface area is 118 Å². The van der Waals surface area contributed by atoms with Gasteiger partial charge >= 0.3 is 0 Å². The lowest BCUT2D eigenvalue weighted by molar-refractivity contribution is 0.0366. The molecule has 0 heterocycles. The van der Waals surface area contributed by atoms with Gasteiger partial charge in [-0.1, -0.05) is 18.5 Å². The van der Waals surface area contributed by atoms with Gasteiger partial charge in [-0.15, -0.1) is 0 Å². The van der Waals surface area contributed by atoms with Crippen LogP contribution < -0.4 is 0 Å². The largest absolute Gasteiger partial charge is 0.396 e. The third-order valence-corrected chi connectivity index (χ3v) is 3.24. The van der Waals surface area contributed by atoms with Crippen LogP contribution in [-0.2, 0) is 0 Å². The summed E-state index contributed by atoms with van der Waals surface area (Å²) in [6.45, 7) is 3.49. The number of aliphatic hydroxyl groups excluding tert-OH is 2. The van der Waals surface area contributed by atoms with Crippen molar-refractivity contribution in [2.45, 2.75) is 13.8 Å². The average Bonchev–Trinajstić information content (AvgIpc) is 2.36. The molecule has 19 heavy (non-hydrogen) atoms. The van der Waals surface area contributed by atoms with Crippen molar-refractivity contribution in [3.63, 3.8) is 0 Å². The third-order valence-electron chi connectivity index (χ3n) is 3.02. The maximum atomic E-state index is 12.3. The lowest BCUT2D eigenvalue weighted by Crippen LogP contribution is -2.41. The van der Waals surface area contributed by atoms with E-state index in [-0.39, 0.29) is 25.7 Å². The van der Waals surface area contributed by atoms with Crippen LogP contribution in [0.15, 0.2) is 18.2 Å². The Hall–Kier alpha value is -1.10. The maximum absolute atomic E-state index is 12.3. The monoisotopic (exact) mass is 285 g/mol. The number of nitrogens with zero attached hydrogens (tertiary/aromatic N) is 1. The second-order valence-corrected chi connectivity index (χ2v) is 5.74. The predicted octanol–water partition coefficient (Wildman–Crippen LogP) is 1.71. The molecule has 0 aliphatic heterocycles. The van der Waals surface area contributed by atoms with Gasteiger partial charge in [-0.25, -0.2) is 0 Å². The molecule has 0 unspecified atom stereocenters. The summed E-state index contributed by atoms with van der Waals surface area (Å²) in [5, 5.41) is 19.0. The topological polar surface area (TPSA) is 60.8 Å². The lowest BCUT2D eigenvalue weighted by atomic mass is 9.92. The van der Waals surface area contributed by atoms with Gasteiger partial charge < -0.3 is 15.1 Å². The highest BCUT2D eigenvalue weighted by Gasteiger charge is 2.27. The first-order valence-electron chi connectivity index (χ1n) is 6.06. The summed E-state index contributed by atoms with van der Waals surface area (Å²) in [6.07, 6.45) is 0. The number of rotatable bonds is 5. The van der Waals surface area contributed by atoms with E-state index in [1.807, 2.05) is 6.92 Å². The zero-order chi connectivity index (χ0) is 14.6. The molecule has 5 heteroatoms. The van der Waals surface area contributed by atoms with E-state index in [0.29, 0.717) is 10.6 Å². The van der Waals surface area contributed by atoms with E-state index in [2.05, 4.69) is 0 Å². The van der Waals surface area contributed by atoms with Gasteiger partial charge in [-0.05, 0) is 30.7 Å². The highest BCUT2D eigenvalue weighted by Crippen LogP contribution is 2.19. The summed E-state index contributed by atoms with van der Waals surface area (Å²) in [5.74, 6) is -0.182. The molecule has 1 amide bonds. The number of hydrogen-bond acceptors (Lipinski definition) is 3. The van der Waals surface area contributed by atoms with Crippen molar-refractivity contribution < 1.29 is 15.0 Å². The van der Waals surface area contributed by atoms with Crippen LogP contribution >= 0.6 is 11.6 Å². The highest BCUT2D eigenvalue weighted by molar-refractivity contribution is 6.31. The fourth-order valence-electron chi connectivity index (χ4n) is 1.87. The van der Waals surface area contributed by atoms with Gasteiger partial charge in [-0.2, -0.15) is 0 Å². The second kappa shape index (κ2) is 6.37. The van der Waals surface area contributed by atoms with Gasteiger partial charge in [0.25, 0.3) is 5.91 Å². The Morgan fingerprint density at radius 3 is 2.37 bits per heavy atom. The summed E-state index contributed by atoms with van der Waals surface area (Å²) < 4.78 is 0. The zero-order valence-electron chi connectivity index (χ0n) is 11.5. The Morgan fingerprint density at radius 2 is 1.89 bits per heavy atom. The number of carbonyl (C=O) groups excluding carboxylic acids is 1. The maximum Gasteiger partial charge on any atom is 0.253 e. The molecule has 106 valence electrons. The second-order valence-electron chi connectivity index (χ2n) is 5.31. The first-order valence-corrected chi connectivity index (χ1v) is 6.43. The van der Waals surface area contributed by atoms with Gasteiger partial charge in [0, 0.05) is 29.6 Å². The normalized spacial score (nSPS) is 11.5. The smallest absolute Gasteiger partial charge is 0.253 e. The van der Waals surface area contributed by atoms with E-state index in [0.717, 1.165) is 5.56 Å². The molecular weight excluding hydrogens is 266 g/mol. The van der Waals surface area contributed by atoms with Crippen molar-refractivity contribution in [3.8, 4) is 0 Å². The number of aliphatic hydroxyl groups is 2. The summed E-state index contributed by atoms with van der Waals surface area (Å²) in [7, 11) is 1.64. The molecule has 0 aliphatic rings. The Balaban J connectivity index is 2.88. The van der Waals surface area contributed by atoms with E-state index in [4.69, 9.17) is 11.6 Å². The molecule has 0 atom stereocenters. The molecule has 0 saturated heterocycles. The molecule has 0 bridgehead atoms. The van der Waals surface area contributed by atoms with Gasteiger partial charge in [0.05, 0.1) is 13.2 Å². The Morgan fingerprint density at radius 1 is 1.32 bits per heavy atom. The van der Waals surface area contributed by atoms with Gasteiger partial charge in [0.15, 0.2) is 0 Å². The number of benzene rings is 1. The molecule has 1 rings (SSSR count). The Kier molecular flexibility index (Phi) is 5.35. The van der Waals surface area contributed by atoms with Crippen molar-refractivity contribution in [2.75, 3.05) is 26.8 Å². The minimum Gasteiger partial charge on any atom is -0.396 e. The number of aryl methyl sites for hydroxylation is 1. The van der Waals surface area contributed by atoms with Crippen LogP contribution in [0.2, 0.25) is 5.02 Å². The lowest BCUT2D eigenvalue weighted by Gasteiger charge is -2.30. The minimum atomic E-state index is -0.710. The summed E-state index contributed by atoms with van der Waals surface area (Å²) in [4.78, 5) is 13.7. The molecule has 1 aromatic carbocycles. The van der Waals surface area contributed by atoms with Crippen LogP contribution in [0.3, 0.4) is 0 Å². The van der Waals surface area contributed by atoms with Crippen molar-refractivity contribution in [1.29, 1.82) is 0 Å². The molecule has 0 aromatic heterocycles. The molecule has 1 aromatic rings. The molecule has 0 spiro atoms. The Bertz CT molecular complexity index is 438. The van der Waals surface area contributed by atoms with E-state index < -0.39 is 5.41 Å². The number of halogens is 1. The predicted molar refractivity (Wildman–Crippen MR) is 75.4 cm³/mol. The molecule has 0 radical (unpaired) electrons. The van der Waals surface area contributed by atoms with Crippen LogP contribution in [0.1, 0.15) is 22.8 Å². The first kappa shape index (κ1) is 16.0. The average molecular weight is 286 g/mol. The number of carbonyl (C=O) groups is 1. The summed E-state index contributed by atoms with van der Waals surface area (Å²) in [6, 6.07) is 5.16. The zero-order valence-corrected chi connectivity index (χ0v) is 12.2. The molecule has 4 nitrogen and oxygen atoms in total. The van der Waals surface area contributed by atoms with Crippen LogP contribution in [0.4, 0.5) is 0 Å². The SMILES string of the molecule is Cc1cc(Cl)cc(C(=O)N(C)CC(C)(CO)CO)c1. The van der Waals surface area contributed by atoms with E-state index in [1.165, 1.54) is 4.90 Å². The van der Waals surface area contributed by atoms with Crippen molar-refractivity contribution in [3.05, 3.63) is 34.3 Å². The van der Waals surface area contributed by atoms with Crippen molar-refractivity contribution in [2.24, 2.45) is 5.41 Å². The van der Waals surface area contributed by atoms with Crippen molar-refractivity contribution >= 4 is 17.5 Å². The number of amides is 1. The standard InChI is InChI=1S/C14H20ClNO3/c1-10-4-11(6-12(15)5-10)13(19)16(3)7-14(2,8-17)9-18/h4-6,17-18H,7-9H2,1-3H3. The fourth-order valence-corrected chi connectivity index (χ4v) is 2.16. The van der Waals surface area contributed by atoms with Crippen LogP contribution in [0, 0.1) is 12.3 Å². The molecule has 0 saturated carbocycles. The van der Waals surface area contributed by atoms with Gasteiger partial charge in [-0.3, -0.25) is 4.79 Å². The van der Waals surface area contributed by atoms with E-state index in [9.17, 15) is 15.0 Å². The minimum absolute atomic E-state index is 0.182. The van der Waals surface area contributed by atoms with Crippen LogP contribution in [0.25, 0.3) is 0 Å². The van der Waals surface area contributed by atoms with Crippen molar-refractivity contribution in [1.82, 2.24) is 4.90 Å². The molecule has 0 fully saturated rings. The van der Waals surface area contributed by atoms with Gasteiger partial charge in [0.1, 0.15) is 0 Å². The van der Waals surface area contributed by atoms with E-state index >= 15 is 0 Å². The fraction of sp³-hybridized carbons (Fsp3) is 0.500. The van der Waals surface area contributed by atoms with Crippen LogP contribution in [0.5, 0.6) is 0 Å². The number of hydrogen-bond donors (Lipinski definition) is 2. The quantitative estimate of drug-likeness (QED) is 0.866. The van der Waals surface area contributed by atoms with Gasteiger partial charge in [0.2, 0.25) is 0 Å². The van der Waals surface area contributed by atoms with E-state index in [1.54, 1.807) is 32.2 Å². The molecule has 0 aliphatic carbocycles. The summed E-state index contributed by atoms with van der Waals surface area (Å²) >= 11 is 5.94. The highest BCUT2D eigenvalue weighted by atomic mass is 35.5.